The summed E-state index contributed by atoms with van der Waals surface area (Å²) in [6.07, 6.45) is -6.40. The summed E-state index contributed by atoms with van der Waals surface area (Å²) in [6, 6.07) is 0.871. The van der Waals surface area contributed by atoms with Crippen molar-refractivity contribution in [1.82, 2.24) is 9.55 Å². The van der Waals surface area contributed by atoms with Crippen LogP contribution in [0.2, 0.25) is 0 Å². The molecular formula is C11H17ClFN2O14P3. The summed E-state index contributed by atoms with van der Waals surface area (Å²) in [5.41, 5.74) is -1.89. The Bertz CT molecular complexity index is 1110. The smallest absolute Gasteiger partial charge is 0.388 e. The van der Waals surface area contributed by atoms with Crippen molar-refractivity contribution in [2.75, 3.05) is 6.67 Å². The predicted octanol–water partition coefficient (Wildman–Crippen LogP) is -0.526. The molecule has 6 N–H and O–H groups in total. The zero-order valence-electron chi connectivity index (χ0n) is 15.6. The van der Waals surface area contributed by atoms with E-state index < -0.39 is 70.8 Å². The van der Waals surface area contributed by atoms with Gasteiger partial charge in [0.25, 0.3) is 5.56 Å². The highest BCUT2D eigenvalue weighted by Crippen LogP contribution is 2.66. The van der Waals surface area contributed by atoms with Crippen molar-refractivity contribution >= 4 is 35.1 Å². The number of aliphatic hydroxyl groups is 1. The van der Waals surface area contributed by atoms with Crippen LogP contribution in [-0.4, -0.2) is 64.1 Å². The van der Waals surface area contributed by atoms with Gasteiger partial charge in [0.05, 0.1) is 6.10 Å². The van der Waals surface area contributed by atoms with E-state index in [0.717, 1.165) is 19.2 Å². The van der Waals surface area contributed by atoms with E-state index in [2.05, 4.69) is 13.1 Å². The zero-order valence-corrected chi connectivity index (χ0v) is 19.1. The van der Waals surface area contributed by atoms with Crippen LogP contribution in [0.4, 0.5) is 4.39 Å². The van der Waals surface area contributed by atoms with Crippen LogP contribution < -0.4 is 11.2 Å². The number of nitrogens with zero attached hydrogens (tertiary/aromatic N) is 1. The largest absolute Gasteiger partial charge is 0.490 e. The number of hydrogen-bond acceptors (Lipinski definition) is 10. The van der Waals surface area contributed by atoms with Gasteiger partial charge in [0.15, 0.2) is 6.23 Å². The number of aromatic amines is 1. The number of H-pyrrole nitrogens is 1. The molecule has 0 spiro atoms. The number of nitrogens with one attached hydrogen (secondary N) is 1. The lowest BCUT2D eigenvalue weighted by Crippen LogP contribution is -2.47. The van der Waals surface area contributed by atoms with Crippen LogP contribution in [0.15, 0.2) is 21.9 Å². The van der Waals surface area contributed by atoms with E-state index in [-0.39, 0.29) is 0 Å². The Morgan fingerprint density at radius 2 is 1.84 bits per heavy atom. The first-order valence-electron chi connectivity index (χ1n) is 8.13. The highest BCUT2D eigenvalue weighted by atomic mass is 35.5. The molecule has 16 nitrogen and oxygen atoms in total. The molecule has 0 aromatic carbocycles. The van der Waals surface area contributed by atoms with Gasteiger partial charge >= 0.3 is 29.2 Å². The minimum atomic E-state index is -5.81. The molecule has 21 heteroatoms. The Hall–Kier alpha value is -0.770. The number of rotatable bonds is 9. The third-order valence-electron chi connectivity index (χ3n) is 3.99. The van der Waals surface area contributed by atoms with Crippen molar-refractivity contribution in [2.24, 2.45) is 0 Å². The third-order valence-corrected chi connectivity index (χ3v) is 8.42. The number of aromatic nitrogens is 2. The minimum Gasteiger partial charge on any atom is -0.388 e. The zero-order chi connectivity index (χ0) is 24.7. The molecule has 0 bridgehead atoms. The Morgan fingerprint density at radius 3 is 2.34 bits per heavy atom. The maximum atomic E-state index is 13.7. The summed E-state index contributed by atoms with van der Waals surface area (Å²) in [4.78, 5) is 58.5. The fraction of sp³-hybridized carbons (Fsp3) is 0.636. The van der Waals surface area contributed by atoms with Gasteiger partial charge < -0.3 is 29.4 Å². The van der Waals surface area contributed by atoms with Gasteiger partial charge in [0.1, 0.15) is 23.8 Å². The molecule has 32 heavy (non-hydrogen) atoms. The van der Waals surface area contributed by atoms with Gasteiger partial charge in [-0.2, -0.15) is 8.62 Å². The quantitative estimate of drug-likeness (QED) is 0.168. The van der Waals surface area contributed by atoms with Crippen LogP contribution in [0.3, 0.4) is 0 Å². The normalized spacial score (nSPS) is 31.1. The molecular weight excluding hydrogens is 531 g/mol. The molecule has 3 unspecified atom stereocenters. The molecule has 2 rings (SSSR count). The lowest BCUT2D eigenvalue weighted by molar-refractivity contribution is -0.0755. The van der Waals surface area contributed by atoms with Gasteiger partial charge in [-0.3, -0.25) is 18.9 Å². The molecule has 2 heterocycles. The lowest BCUT2D eigenvalue weighted by atomic mass is 9.97. The van der Waals surface area contributed by atoms with Gasteiger partial charge in [-0.05, 0) is 6.92 Å². The van der Waals surface area contributed by atoms with Crippen molar-refractivity contribution < 1.29 is 60.6 Å². The van der Waals surface area contributed by atoms with Crippen LogP contribution in [0.5, 0.6) is 0 Å². The Labute approximate surface area is 181 Å². The predicted molar refractivity (Wildman–Crippen MR) is 100 cm³/mol. The van der Waals surface area contributed by atoms with Gasteiger partial charge in [-0.15, -0.1) is 11.6 Å². The fourth-order valence-electron chi connectivity index (χ4n) is 2.75. The maximum absolute atomic E-state index is 13.7. The molecule has 0 aliphatic carbocycles. The molecule has 1 aromatic heterocycles. The van der Waals surface area contributed by atoms with E-state index in [4.69, 9.17) is 31.0 Å². The van der Waals surface area contributed by atoms with Crippen molar-refractivity contribution in [1.29, 1.82) is 0 Å². The van der Waals surface area contributed by atoms with E-state index >= 15 is 0 Å². The standard InChI is InChI=1S/C11H17ClFN2O14P3/c1-5(27-31(22,23)29-32(24,25)28-30(19,20)21)7-8(17)11(12,4-13)9(26-7)15-3-2-6(16)14-10(15)18/h2-3,5,7-9,17H,4H2,1H3,(H,22,23)(H,24,25)(H,14,16,18)(H2,19,20,21)/t5-,7-,8+,9-,11?/m1/s1. The maximum Gasteiger partial charge on any atom is 0.490 e. The van der Waals surface area contributed by atoms with Crippen LogP contribution >= 0.6 is 35.1 Å². The lowest BCUT2D eigenvalue weighted by Gasteiger charge is -2.28. The summed E-state index contributed by atoms with van der Waals surface area (Å²) < 4.78 is 65.4. The van der Waals surface area contributed by atoms with Gasteiger partial charge in [0.2, 0.25) is 0 Å². The second-order valence-corrected chi connectivity index (χ2v) is 11.5. The van der Waals surface area contributed by atoms with Crippen molar-refractivity contribution in [2.45, 2.75) is 36.3 Å². The van der Waals surface area contributed by atoms with Gasteiger partial charge in [0, 0.05) is 12.3 Å². The van der Waals surface area contributed by atoms with E-state index in [1.807, 2.05) is 4.98 Å². The van der Waals surface area contributed by atoms with Crippen LogP contribution in [0.1, 0.15) is 13.2 Å². The van der Waals surface area contributed by atoms with Crippen molar-refractivity contribution in [3.05, 3.63) is 33.1 Å². The Morgan fingerprint density at radius 1 is 1.25 bits per heavy atom. The summed E-state index contributed by atoms with van der Waals surface area (Å²) >= 11 is 6.10. The second kappa shape index (κ2) is 9.47. The summed E-state index contributed by atoms with van der Waals surface area (Å²) in [5, 5.41) is 10.4. The molecule has 1 aliphatic rings. The number of phosphoric ester groups is 1. The first kappa shape index (κ1) is 27.5. The van der Waals surface area contributed by atoms with E-state index in [9.17, 15) is 37.7 Å². The fourth-order valence-corrected chi connectivity index (χ4v) is 6.23. The highest BCUT2D eigenvalue weighted by Gasteiger charge is 2.59. The van der Waals surface area contributed by atoms with E-state index in [0.29, 0.717) is 4.57 Å². The summed E-state index contributed by atoms with van der Waals surface area (Å²) in [6.45, 7) is -0.537. The van der Waals surface area contributed by atoms with E-state index in [1.54, 1.807) is 0 Å². The first-order chi connectivity index (χ1) is 14.4. The molecule has 0 radical (unpaired) electrons. The Kier molecular flexibility index (Phi) is 8.13. The topological polar surface area (TPSA) is 244 Å². The number of phosphoric acid groups is 3. The number of halogens is 2. The number of aliphatic hydroxyl groups excluding tert-OH is 1. The minimum absolute atomic E-state index is 0.634. The first-order valence-corrected chi connectivity index (χ1v) is 13.0. The number of hydrogen-bond donors (Lipinski definition) is 6. The van der Waals surface area contributed by atoms with Gasteiger partial charge in [-0.25, -0.2) is 22.9 Å². The monoisotopic (exact) mass is 548 g/mol. The average Bonchev–Trinajstić information content (AvgIpc) is 2.84. The van der Waals surface area contributed by atoms with Gasteiger partial charge in [-0.1, -0.05) is 0 Å². The Balaban J connectivity index is 2.26. The van der Waals surface area contributed by atoms with Crippen molar-refractivity contribution in [3.8, 4) is 0 Å². The summed E-state index contributed by atoms with van der Waals surface area (Å²) in [7, 11) is -17.0. The number of alkyl halides is 2. The molecule has 1 aliphatic heterocycles. The number of ether oxygens (including phenoxy) is 1. The molecule has 1 aromatic rings. The van der Waals surface area contributed by atoms with E-state index in [1.165, 1.54) is 0 Å². The van der Waals surface area contributed by atoms with Crippen LogP contribution in [0.25, 0.3) is 0 Å². The SMILES string of the molecule is C[C@@H](OP(=O)(O)OP(=O)(O)OP(=O)(O)O)[C@H]1O[C@@H](n2ccc(=O)[nH]c2=O)C(Cl)(CF)[C@H]1O. The van der Waals surface area contributed by atoms with Crippen LogP contribution in [-0.2, 0) is 31.6 Å². The highest BCUT2D eigenvalue weighted by molar-refractivity contribution is 7.66. The molecule has 0 amide bonds. The molecule has 1 saturated heterocycles. The molecule has 184 valence electrons. The average molecular weight is 549 g/mol. The summed E-state index contributed by atoms with van der Waals surface area (Å²) in [5.74, 6) is 0. The molecule has 0 saturated carbocycles. The molecule has 1 fully saturated rings. The second-order valence-electron chi connectivity index (χ2n) is 6.38. The van der Waals surface area contributed by atoms with Crippen molar-refractivity contribution in [3.63, 3.8) is 0 Å². The molecule has 7 atom stereocenters. The third kappa shape index (κ3) is 6.42. The van der Waals surface area contributed by atoms with Crippen LogP contribution in [0, 0.1) is 0 Å².